The Kier molecular flexibility index (Phi) is 6.84. The highest BCUT2D eigenvalue weighted by Crippen LogP contribution is 2.62. The Bertz CT molecular complexity index is 1850. The molecule has 7 nitrogen and oxygen atoms in total. The van der Waals surface area contributed by atoms with Crippen LogP contribution in [0.4, 0.5) is 0 Å². The minimum absolute atomic E-state index is 0.176. The van der Waals surface area contributed by atoms with E-state index in [1.54, 1.807) is 0 Å². The lowest BCUT2D eigenvalue weighted by Crippen LogP contribution is -2.49. The van der Waals surface area contributed by atoms with Gasteiger partial charge >= 0.3 is 0 Å². The summed E-state index contributed by atoms with van der Waals surface area (Å²) in [7, 11) is 0. The van der Waals surface area contributed by atoms with Crippen molar-refractivity contribution >= 4 is 17.9 Å². The summed E-state index contributed by atoms with van der Waals surface area (Å²) in [5.74, 6) is 5.45. The number of hydrogen-bond acceptors (Lipinski definition) is 5. The lowest BCUT2D eigenvalue weighted by atomic mass is 9.49. The number of hydrogen-bond donors (Lipinski definition) is 0. The standard InChI is InChI=1S/C44H48N6O/c51-42-36(18-28-4-8-38(9-5-28)49-40(26-45-47-49)43-20-30-12-31(21-43)14-32(13-30)22-43)2-1-3-37(42)19-29-6-10-39(11-7-29)50-41(27-46-48-50)44-23-33-15-34(24-44)17-35(16-33)25-44/h4-11,18-19,26-27,30-35H,1-3,12-17,20-25H2. The van der Waals surface area contributed by atoms with Gasteiger partial charge in [-0.2, -0.15) is 0 Å². The summed E-state index contributed by atoms with van der Waals surface area (Å²) in [6, 6.07) is 17.2. The molecule has 0 amide bonds. The first-order chi connectivity index (χ1) is 25.0. The van der Waals surface area contributed by atoms with Crippen molar-refractivity contribution in [1.82, 2.24) is 30.0 Å². The van der Waals surface area contributed by atoms with Gasteiger partial charge in [-0.15, -0.1) is 10.2 Å². The van der Waals surface area contributed by atoms with E-state index in [1.165, 1.54) is 88.4 Å². The van der Waals surface area contributed by atoms with Gasteiger partial charge in [0.15, 0.2) is 5.78 Å². The van der Waals surface area contributed by atoms with Crippen LogP contribution in [0.3, 0.4) is 0 Å². The normalized spacial score (nSPS) is 36.5. The van der Waals surface area contributed by atoms with Gasteiger partial charge in [0.25, 0.3) is 0 Å². The molecule has 9 aliphatic rings. The molecule has 51 heavy (non-hydrogen) atoms. The van der Waals surface area contributed by atoms with Crippen LogP contribution in [0.25, 0.3) is 23.5 Å². The second-order valence-corrected chi connectivity index (χ2v) is 18.2. The van der Waals surface area contributed by atoms with Gasteiger partial charge in [0, 0.05) is 22.0 Å². The molecule has 0 N–H and O–H groups in total. The first kappa shape index (κ1) is 30.5. The maximum Gasteiger partial charge on any atom is 0.185 e. The summed E-state index contributed by atoms with van der Waals surface area (Å²) in [5, 5.41) is 18.0. The maximum absolute atomic E-state index is 13.8. The van der Waals surface area contributed by atoms with Crippen LogP contribution < -0.4 is 0 Å². The third-order valence-corrected chi connectivity index (χ3v) is 14.7. The van der Waals surface area contributed by atoms with Crippen LogP contribution in [0.2, 0.25) is 0 Å². The molecule has 13 rings (SSSR count). The number of Topliss-reactive ketones (excluding diaryl/α,β-unsaturated/α-hetero) is 1. The van der Waals surface area contributed by atoms with Crippen LogP contribution in [-0.4, -0.2) is 35.8 Å². The van der Waals surface area contributed by atoms with E-state index in [2.05, 4.69) is 90.7 Å². The monoisotopic (exact) mass is 676 g/mol. The van der Waals surface area contributed by atoms with E-state index in [0.29, 0.717) is 0 Å². The van der Waals surface area contributed by atoms with E-state index in [4.69, 9.17) is 0 Å². The van der Waals surface area contributed by atoms with Crippen molar-refractivity contribution in [2.45, 2.75) is 107 Å². The van der Waals surface area contributed by atoms with Gasteiger partial charge in [-0.05, 0) is 179 Å². The first-order valence-corrected chi connectivity index (χ1v) is 20.0. The molecule has 2 aromatic carbocycles. The zero-order chi connectivity index (χ0) is 33.7. The number of allylic oxidation sites excluding steroid dienone is 2. The molecule has 0 radical (unpaired) electrons. The van der Waals surface area contributed by atoms with Crippen molar-refractivity contribution < 1.29 is 4.79 Å². The number of aromatic nitrogens is 6. The smallest absolute Gasteiger partial charge is 0.185 e. The summed E-state index contributed by atoms with van der Waals surface area (Å²) < 4.78 is 4.21. The van der Waals surface area contributed by atoms with Crippen molar-refractivity contribution in [3.05, 3.63) is 94.6 Å². The number of carbonyl (C=O) groups is 1. The molecule has 7 heteroatoms. The fourth-order valence-corrected chi connectivity index (χ4v) is 13.4. The fourth-order valence-electron chi connectivity index (χ4n) is 13.4. The molecule has 0 aliphatic heterocycles. The maximum atomic E-state index is 13.8. The Balaban J connectivity index is 0.806. The minimum atomic E-state index is 0.176. The second kappa shape index (κ2) is 11.4. The van der Waals surface area contributed by atoms with Crippen molar-refractivity contribution in [2.75, 3.05) is 0 Å². The Morgan fingerprint density at radius 2 is 0.882 bits per heavy atom. The summed E-state index contributed by atoms with van der Waals surface area (Å²) in [6.07, 6.45) is 27.2. The van der Waals surface area contributed by atoms with Gasteiger partial charge in [-0.25, -0.2) is 9.36 Å². The Labute approximate surface area is 300 Å². The van der Waals surface area contributed by atoms with E-state index in [-0.39, 0.29) is 16.6 Å². The third kappa shape index (κ3) is 5.08. The molecule has 260 valence electrons. The molecule has 0 spiro atoms. The van der Waals surface area contributed by atoms with Gasteiger partial charge in [0.05, 0.1) is 35.2 Å². The zero-order valence-electron chi connectivity index (χ0n) is 29.6. The summed E-state index contributed by atoms with van der Waals surface area (Å²) in [6.45, 7) is 0. The number of rotatable bonds is 6. The lowest BCUT2D eigenvalue weighted by molar-refractivity contribution is -0.112. The topological polar surface area (TPSA) is 78.5 Å². The van der Waals surface area contributed by atoms with Crippen molar-refractivity contribution in [3.63, 3.8) is 0 Å². The third-order valence-electron chi connectivity index (χ3n) is 14.7. The van der Waals surface area contributed by atoms with Crippen LogP contribution >= 0.6 is 0 Å². The predicted octanol–water partition coefficient (Wildman–Crippen LogP) is 9.00. The van der Waals surface area contributed by atoms with Gasteiger partial charge in [0.2, 0.25) is 0 Å². The van der Waals surface area contributed by atoms with Gasteiger partial charge < -0.3 is 0 Å². The second-order valence-electron chi connectivity index (χ2n) is 18.2. The highest BCUT2D eigenvalue weighted by Gasteiger charge is 2.54. The Morgan fingerprint density at radius 3 is 1.24 bits per heavy atom. The first-order valence-electron chi connectivity index (χ1n) is 20.0. The molecular weight excluding hydrogens is 629 g/mol. The van der Waals surface area contributed by atoms with E-state index in [0.717, 1.165) is 88.4 Å². The molecule has 4 aromatic rings. The minimum Gasteiger partial charge on any atom is -0.289 e. The average molecular weight is 677 g/mol. The van der Waals surface area contributed by atoms with Crippen LogP contribution in [0, 0.1) is 35.5 Å². The van der Waals surface area contributed by atoms with Crippen molar-refractivity contribution in [3.8, 4) is 11.4 Å². The van der Waals surface area contributed by atoms with Crippen LogP contribution in [0.1, 0.15) is 119 Å². The van der Waals surface area contributed by atoms with E-state index < -0.39 is 0 Å². The van der Waals surface area contributed by atoms with Crippen molar-refractivity contribution in [1.29, 1.82) is 0 Å². The number of benzene rings is 2. The predicted molar refractivity (Wildman–Crippen MR) is 197 cm³/mol. The van der Waals surface area contributed by atoms with E-state index >= 15 is 0 Å². The molecule has 8 bridgehead atoms. The molecule has 2 aromatic heterocycles. The van der Waals surface area contributed by atoms with E-state index in [1.807, 2.05) is 12.4 Å². The highest BCUT2D eigenvalue weighted by molar-refractivity contribution is 6.14. The van der Waals surface area contributed by atoms with Gasteiger partial charge in [-0.3, -0.25) is 4.79 Å². The quantitative estimate of drug-likeness (QED) is 0.191. The van der Waals surface area contributed by atoms with Gasteiger partial charge in [-0.1, -0.05) is 34.7 Å². The SMILES string of the molecule is O=C1C(=Cc2ccc(-n3nncc3C34CC5CC(CC(C5)C3)C4)cc2)CCCC1=Cc1ccc(-n2nncc2C23CC4CC(CC(C4)C2)C3)cc1. The summed E-state index contributed by atoms with van der Waals surface area (Å²) >= 11 is 0. The van der Waals surface area contributed by atoms with Crippen molar-refractivity contribution in [2.24, 2.45) is 35.5 Å². The molecule has 9 aliphatic carbocycles. The van der Waals surface area contributed by atoms with Crippen LogP contribution in [-0.2, 0) is 15.6 Å². The summed E-state index contributed by atoms with van der Waals surface area (Å²) in [4.78, 5) is 13.8. The molecule has 9 fully saturated rings. The molecule has 0 unspecified atom stereocenters. The average Bonchev–Trinajstić information content (AvgIpc) is 3.82. The molecular formula is C44H48N6O. The van der Waals surface area contributed by atoms with Gasteiger partial charge in [0.1, 0.15) is 0 Å². The number of carbonyl (C=O) groups excluding carboxylic acids is 1. The molecule has 2 heterocycles. The summed E-state index contributed by atoms with van der Waals surface area (Å²) in [5.41, 5.74) is 9.15. The Morgan fingerprint density at radius 1 is 0.529 bits per heavy atom. The lowest BCUT2D eigenvalue weighted by Gasteiger charge is -2.56. The fraction of sp³-hybridized carbons (Fsp3) is 0.523. The molecule has 9 saturated carbocycles. The van der Waals surface area contributed by atoms with Crippen LogP contribution in [0.15, 0.2) is 72.1 Å². The van der Waals surface area contributed by atoms with E-state index in [9.17, 15) is 4.79 Å². The largest absolute Gasteiger partial charge is 0.289 e. The molecule has 0 saturated heterocycles. The zero-order valence-corrected chi connectivity index (χ0v) is 29.6. The number of ketones is 1. The highest BCUT2D eigenvalue weighted by atomic mass is 16.1. The number of nitrogens with zero attached hydrogens (tertiary/aromatic N) is 6. The Hall–Kier alpha value is -4.13. The molecule has 0 atom stereocenters. The van der Waals surface area contributed by atoms with Crippen LogP contribution in [0.5, 0.6) is 0 Å².